The normalized spacial score (nSPS) is 18.4. The molecule has 61 heavy (non-hydrogen) atoms. The third kappa shape index (κ3) is 10.2. The fraction of sp³-hybridized carbons (Fsp3) is 0.391. The second kappa shape index (κ2) is 18.4. The number of carbonyl (C=O) groups excluding carboxylic acids is 3. The third-order valence-electron chi connectivity index (χ3n) is 11.6. The van der Waals surface area contributed by atoms with Gasteiger partial charge in [-0.25, -0.2) is 4.98 Å². The van der Waals surface area contributed by atoms with Crippen LogP contribution in [0, 0.1) is 12.3 Å². The number of piperidine rings is 1. The van der Waals surface area contributed by atoms with Gasteiger partial charge in [-0.05, 0) is 79.1 Å². The molecule has 2 saturated heterocycles. The minimum Gasteiger partial charge on any atom is -0.507 e. The van der Waals surface area contributed by atoms with Gasteiger partial charge in [0.25, 0.3) is 0 Å². The molecular formula is C46H55N9O5S. The Hall–Kier alpha value is -5.90. The van der Waals surface area contributed by atoms with Gasteiger partial charge >= 0.3 is 0 Å². The molecule has 15 heteroatoms. The summed E-state index contributed by atoms with van der Waals surface area (Å²) >= 11 is 1.58. The van der Waals surface area contributed by atoms with Gasteiger partial charge < -0.3 is 36.8 Å². The van der Waals surface area contributed by atoms with Crippen LogP contribution >= 0.6 is 11.3 Å². The maximum atomic E-state index is 14.2. The molecule has 2 aromatic heterocycles. The van der Waals surface area contributed by atoms with Crippen LogP contribution in [-0.4, -0.2) is 103 Å². The Balaban J connectivity index is 0.908. The second-order valence-electron chi connectivity index (χ2n) is 17.2. The number of likely N-dealkylation sites (tertiary alicyclic amines) is 2. The number of phenols is 1. The Morgan fingerprint density at radius 1 is 0.934 bits per heavy atom. The zero-order valence-corrected chi connectivity index (χ0v) is 36.1. The molecule has 0 saturated carbocycles. The second-order valence-corrected chi connectivity index (χ2v) is 18.1. The predicted octanol–water partition coefficient (Wildman–Crippen LogP) is 5.78. The van der Waals surface area contributed by atoms with Crippen LogP contribution in [0.3, 0.4) is 0 Å². The summed E-state index contributed by atoms with van der Waals surface area (Å²) in [6, 6.07) is 22.8. The van der Waals surface area contributed by atoms with Gasteiger partial charge in [0.2, 0.25) is 17.7 Å². The quantitative estimate of drug-likeness (QED) is 0.0891. The number of aromatic nitrogens is 3. The number of anilines is 2. The third-order valence-corrected chi connectivity index (χ3v) is 12.6. The number of hydrogen-bond donors (Lipinski definition) is 6. The summed E-state index contributed by atoms with van der Waals surface area (Å²) in [4.78, 5) is 50.4. The summed E-state index contributed by atoms with van der Waals surface area (Å²) in [6.07, 6.45) is 0.893. The first-order valence-electron chi connectivity index (χ1n) is 20.7. The number of amides is 3. The standard InChI is InChI=1S/C46H55N9O5S/c1-27(29-10-12-31(13-11-29)41-28(2)48-26-61-41)49-44(59)38-22-34(56)24-55(38)45(60)42(46(3,4)5)51-40(58)25-54-20-18-33(19-21-54)50-32-16-14-30(15-17-32)36-23-37(52-53-43(36)47)35-8-6-7-9-39(35)57/h6-17,23,26-27,33-34,38,42,50,56-57H,18-22,24-25H2,1-5H3,(H2,47,53)(H,49,59)(H,51,58)/t27-,34+,38-,42?/m0/s1. The number of aromatic hydroxyl groups is 1. The van der Waals surface area contributed by atoms with Crippen LogP contribution in [0.2, 0.25) is 0 Å². The van der Waals surface area contributed by atoms with Gasteiger partial charge in [-0.15, -0.1) is 21.5 Å². The number of aryl methyl sites for hydroxylation is 1. The molecule has 320 valence electrons. The summed E-state index contributed by atoms with van der Waals surface area (Å²) in [7, 11) is 0. The molecule has 2 fully saturated rings. The number of thiazole rings is 1. The highest BCUT2D eigenvalue weighted by atomic mass is 32.1. The summed E-state index contributed by atoms with van der Waals surface area (Å²) in [5.74, 6) is -0.589. The molecule has 14 nitrogen and oxygen atoms in total. The molecule has 1 unspecified atom stereocenters. The highest BCUT2D eigenvalue weighted by molar-refractivity contribution is 7.13. The summed E-state index contributed by atoms with van der Waals surface area (Å²) < 4.78 is 0. The molecule has 4 heterocycles. The molecule has 3 aromatic carbocycles. The van der Waals surface area contributed by atoms with E-state index < -0.39 is 23.6 Å². The monoisotopic (exact) mass is 845 g/mol. The van der Waals surface area contributed by atoms with Crippen molar-refractivity contribution in [2.24, 2.45) is 5.41 Å². The molecule has 0 spiro atoms. The number of nitrogens with two attached hydrogens (primary N) is 1. The first-order valence-corrected chi connectivity index (χ1v) is 21.6. The van der Waals surface area contributed by atoms with E-state index in [1.807, 2.05) is 101 Å². The number of hydrogen-bond acceptors (Lipinski definition) is 12. The van der Waals surface area contributed by atoms with E-state index in [9.17, 15) is 24.6 Å². The average molecular weight is 846 g/mol. The highest BCUT2D eigenvalue weighted by Crippen LogP contribution is 2.34. The molecule has 3 amide bonds. The van der Waals surface area contributed by atoms with E-state index in [4.69, 9.17) is 5.73 Å². The Labute approximate surface area is 360 Å². The maximum Gasteiger partial charge on any atom is 0.246 e. The predicted molar refractivity (Wildman–Crippen MR) is 238 cm³/mol. The van der Waals surface area contributed by atoms with Gasteiger partial charge in [0.1, 0.15) is 17.8 Å². The van der Waals surface area contributed by atoms with Crippen molar-refractivity contribution in [3.8, 4) is 38.6 Å². The van der Waals surface area contributed by atoms with Gasteiger partial charge in [0, 0.05) is 48.9 Å². The van der Waals surface area contributed by atoms with Crippen molar-refractivity contribution in [3.05, 3.63) is 95.6 Å². The van der Waals surface area contributed by atoms with Crippen LogP contribution in [0.1, 0.15) is 64.3 Å². The molecule has 2 aliphatic rings. The molecule has 0 aliphatic carbocycles. The zero-order chi connectivity index (χ0) is 43.4. The van der Waals surface area contributed by atoms with Crippen molar-refractivity contribution in [1.82, 2.24) is 35.6 Å². The van der Waals surface area contributed by atoms with Crippen LogP contribution in [0.5, 0.6) is 5.75 Å². The molecule has 7 N–H and O–H groups in total. The lowest BCUT2D eigenvalue weighted by atomic mass is 9.85. The van der Waals surface area contributed by atoms with Crippen LogP contribution in [0.15, 0.2) is 84.4 Å². The van der Waals surface area contributed by atoms with Crippen molar-refractivity contribution in [3.63, 3.8) is 0 Å². The lowest BCUT2D eigenvalue weighted by Gasteiger charge is -2.36. The van der Waals surface area contributed by atoms with Crippen LogP contribution in [0.25, 0.3) is 32.8 Å². The minimum atomic E-state index is -0.904. The van der Waals surface area contributed by atoms with E-state index in [1.54, 1.807) is 29.5 Å². The number of aliphatic hydroxyl groups is 1. The lowest BCUT2D eigenvalue weighted by molar-refractivity contribution is -0.144. The summed E-state index contributed by atoms with van der Waals surface area (Å²) in [5.41, 5.74) is 14.0. The number of nitrogens with zero attached hydrogens (tertiary/aromatic N) is 5. The van der Waals surface area contributed by atoms with Gasteiger partial charge in [0.05, 0.1) is 40.5 Å². The summed E-state index contributed by atoms with van der Waals surface area (Å²) in [5, 5.41) is 39.0. The largest absolute Gasteiger partial charge is 0.507 e. The number of aliphatic hydroxyl groups excluding tert-OH is 1. The van der Waals surface area contributed by atoms with Crippen molar-refractivity contribution < 1.29 is 24.6 Å². The number of nitrogens with one attached hydrogen (secondary N) is 3. The van der Waals surface area contributed by atoms with E-state index in [0.717, 1.165) is 51.4 Å². The van der Waals surface area contributed by atoms with Crippen molar-refractivity contribution in [1.29, 1.82) is 0 Å². The van der Waals surface area contributed by atoms with Gasteiger partial charge in [-0.1, -0.05) is 69.3 Å². The summed E-state index contributed by atoms with van der Waals surface area (Å²) in [6.45, 7) is 11.1. The first-order chi connectivity index (χ1) is 29.1. The van der Waals surface area contributed by atoms with E-state index in [-0.39, 0.29) is 55.1 Å². The number of rotatable bonds is 12. The van der Waals surface area contributed by atoms with E-state index in [0.29, 0.717) is 30.2 Å². The molecule has 0 radical (unpaired) electrons. The van der Waals surface area contributed by atoms with Crippen molar-refractivity contribution in [2.45, 2.75) is 84.2 Å². The fourth-order valence-electron chi connectivity index (χ4n) is 8.10. The molecule has 0 bridgehead atoms. The minimum absolute atomic E-state index is 0.00939. The maximum absolute atomic E-state index is 14.2. The Kier molecular flexibility index (Phi) is 13.0. The average Bonchev–Trinajstić information content (AvgIpc) is 3.86. The van der Waals surface area contributed by atoms with E-state index in [2.05, 4.69) is 36.0 Å². The van der Waals surface area contributed by atoms with Crippen LogP contribution in [-0.2, 0) is 14.4 Å². The topological polar surface area (TPSA) is 199 Å². The highest BCUT2D eigenvalue weighted by Gasteiger charge is 2.45. The number of para-hydroxylation sites is 1. The number of phenolic OH excluding ortho intramolecular Hbond substituents is 1. The van der Waals surface area contributed by atoms with Gasteiger partial charge in [0.15, 0.2) is 5.82 Å². The Bertz CT molecular complexity index is 2340. The van der Waals surface area contributed by atoms with Gasteiger partial charge in [-0.3, -0.25) is 19.3 Å². The lowest BCUT2D eigenvalue weighted by Crippen LogP contribution is -2.59. The van der Waals surface area contributed by atoms with E-state index in [1.165, 1.54) is 4.90 Å². The van der Waals surface area contributed by atoms with E-state index >= 15 is 0 Å². The molecule has 5 aromatic rings. The number of nitrogen functional groups attached to an aromatic ring is 1. The van der Waals surface area contributed by atoms with Crippen molar-refractivity contribution in [2.75, 3.05) is 37.2 Å². The Morgan fingerprint density at radius 2 is 1.62 bits per heavy atom. The van der Waals surface area contributed by atoms with Crippen LogP contribution in [0.4, 0.5) is 11.5 Å². The molecule has 4 atom stereocenters. The first kappa shape index (κ1) is 43.2. The SMILES string of the molecule is Cc1ncsc1-c1ccc([C@H](C)NC(=O)[C@@H]2C[C@@H](O)CN2C(=O)C(NC(=O)CN2CCC(Nc3ccc(-c4cc(-c5ccccc5O)nnc4N)cc3)CC2)C(C)(C)C)cc1. The molecular weight excluding hydrogens is 791 g/mol. The zero-order valence-electron chi connectivity index (χ0n) is 35.3. The number of benzene rings is 3. The molecule has 2 aliphatic heterocycles. The molecule has 7 rings (SSSR count). The Morgan fingerprint density at radius 3 is 2.28 bits per heavy atom. The van der Waals surface area contributed by atoms with Crippen molar-refractivity contribution >= 4 is 40.6 Å². The number of β-amino-alcohol motifs (C(OH)–C–C–N with tert-alkyl or cyclic N) is 1. The smallest absolute Gasteiger partial charge is 0.246 e. The number of carbonyl (C=O) groups is 3. The van der Waals surface area contributed by atoms with Crippen LogP contribution < -0.4 is 21.7 Å². The van der Waals surface area contributed by atoms with Gasteiger partial charge in [-0.2, -0.15) is 0 Å². The fourth-order valence-corrected chi connectivity index (χ4v) is 8.91.